The van der Waals surface area contributed by atoms with Gasteiger partial charge in [0.25, 0.3) is 0 Å². The highest BCUT2D eigenvalue weighted by molar-refractivity contribution is 6.91. The number of anilines is 3. The van der Waals surface area contributed by atoms with Gasteiger partial charge in [-0.25, -0.2) is 0 Å². The zero-order valence-corrected chi connectivity index (χ0v) is 40.7. The number of hydrogen-bond donors (Lipinski definition) is 0. The standard InChI is InChI=1S/C65H55BN2/c1-62(2,3)38-27-30-53-45(33-38)46-34-40(64(7,8)9)35-47-57-43-28-25-36-31-39(63(4,5)6)32-37-26-29-44(56(43)55(36)37)60-58(57)66(68(53)59(46)47)52-23-16-22-51-61(52)67(60)54-24-15-14-21-50(54)65(51)48-19-12-10-17-41(48)42-18-11-13-20-49(42)65/h10-12,14-19,21-35H,13,20H2,1-9H3. The van der Waals surface area contributed by atoms with Crippen molar-refractivity contribution >= 4 is 94.5 Å². The first-order chi connectivity index (χ1) is 32.7. The van der Waals surface area contributed by atoms with E-state index in [-0.39, 0.29) is 23.1 Å². The van der Waals surface area contributed by atoms with E-state index in [4.69, 9.17) is 0 Å². The summed E-state index contributed by atoms with van der Waals surface area (Å²) in [6, 6.07) is 53.7. The molecule has 68 heavy (non-hydrogen) atoms. The molecule has 1 unspecified atom stereocenters. The Hall–Kier alpha value is -6.84. The zero-order chi connectivity index (χ0) is 46.1. The summed E-state index contributed by atoms with van der Waals surface area (Å²) in [5, 5.41) is 10.8. The van der Waals surface area contributed by atoms with Crippen LogP contribution in [0.5, 0.6) is 0 Å². The van der Waals surface area contributed by atoms with Crippen molar-refractivity contribution in [2.75, 3.05) is 4.90 Å². The lowest BCUT2D eigenvalue weighted by Gasteiger charge is -2.51. The van der Waals surface area contributed by atoms with Crippen molar-refractivity contribution in [1.82, 2.24) is 4.48 Å². The third-order valence-electron chi connectivity index (χ3n) is 17.2. The van der Waals surface area contributed by atoms with Gasteiger partial charge >= 0.3 is 6.85 Å². The number of fused-ring (bicyclic) bond motifs is 17. The third kappa shape index (κ3) is 4.58. The molecule has 328 valence electrons. The van der Waals surface area contributed by atoms with E-state index in [9.17, 15) is 0 Å². The zero-order valence-electron chi connectivity index (χ0n) is 40.7. The van der Waals surface area contributed by atoms with Gasteiger partial charge in [0.1, 0.15) is 0 Å². The molecule has 3 aliphatic heterocycles. The first kappa shape index (κ1) is 39.2. The van der Waals surface area contributed by atoms with Gasteiger partial charge in [-0.2, -0.15) is 0 Å². The fraction of sp³-hybridized carbons (Fsp3) is 0.231. The molecule has 2 aliphatic carbocycles. The van der Waals surface area contributed by atoms with Crippen molar-refractivity contribution in [1.29, 1.82) is 0 Å². The molecular weight excluding hydrogens is 820 g/mol. The molecule has 0 saturated heterocycles. The Morgan fingerprint density at radius 3 is 1.97 bits per heavy atom. The number of nitrogens with zero attached hydrogens (tertiary/aromatic N) is 2. The summed E-state index contributed by atoms with van der Waals surface area (Å²) in [5.41, 5.74) is 24.5. The van der Waals surface area contributed by atoms with Crippen molar-refractivity contribution in [2.24, 2.45) is 0 Å². The second kappa shape index (κ2) is 12.4. The summed E-state index contributed by atoms with van der Waals surface area (Å²) in [4.78, 5) is 2.77. The van der Waals surface area contributed by atoms with Gasteiger partial charge in [-0.3, -0.25) is 0 Å². The lowest BCUT2D eigenvalue weighted by molar-refractivity contribution is 0.590. The van der Waals surface area contributed by atoms with Crippen LogP contribution in [0, 0.1) is 0 Å². The van der Waals surface area contributed by atoms with Crippen LogP contribution >= 0.6 is 0 Å². The topological polar surface area (TPSA) is 8.17 Å². The number of para-hydroxylation sites is 2. The molecule has 0 N–H and O–H groups in total. The molecule has 0 saturated carbocycles. The summed E-state index contributed by atoms with van der Waals surface area (Å²) in [6.45, 7) is 21.2. The van der Waals surface area contributed by atoms with Crippen molar-refractivity contribution in [2.45, 2.75) is 96.8 Å². The van der Waals surface area contributed by atoms with Crippen LogP contribution in [0.2, 0.25) is 0 Å². The first-order valence-corrected chi connectivity index (χ1v) is 25.1. The second-order valence-corrected chi connectivity index (χ2v) is 23.9. The van der Waals surface area contributed by atoms with Crippen LogP contribution in [0.15, 0.2) is 151 Å². The Labute approximate surface area is 400 Å². The van der Waals surface area contributed by atoms with Crippen molar-refractivity contribution in [3.8, 4) is 11.1 Å². The van der Waals surface area contributed by atoms with E-state index in [1.807, 2.05) is 0 Å². The average molecular weight is 875 g/mol. The molecule has 0 radical (unpaired) electrons. The molecule has 4 heterocycles. The predicted octanol–water partition coefficient (Wildman–Crippen LogP) is 15.8. The maximum atomic E-state index is 2.80. The second-order valence-electron chi connectivity index (χ2n) is 23.9. The minimum atomic E-state index is -0.424. The lowest BCUT2D eigenvalue weighted by atomic mass is 9.43. The van der Waals surface area contributed by atoms with Gasteiger partial charge in [-0.1, -0.05) is 178 Å². The van der Waals surface area contributed by atoms with Gasteiger partial charge in [-0.15, -0.1) is 0 Å². The molecule has 1 atom stereocenters. The van der Waals surface area contributed by atoms with Crippen molar-refractivity contribution in [3.63, 3.8) is 0 Å². The maximum absolute atomic E-state index is 2.80. The maximum Gasteiger partial charge on any atom is 0.333 e. The Morgan fingerprint density at radius 1 is 0.529 bits per heavy atom. The minimum absolute atomic E-state index is 0.00662. The molecule has 0 bridgehead atoms. The van der Waals surface area contributed by atoms with Crippen LogP contribution in [0.4, 0.5) is 17.1 Å². The molecule has 0 fully saturated rings. The van der Waals surface area contributed by atoms with Gasteiger partial charge in [0.15, 0.2) is 0 Å². The Morgan fingerprint density at radius 2 is 1.21 bits per heavy atom. The molecular formula is C65H55BN2. The number of aromatic nitrogens is 1. The number of rotatable bonds is 0. The number of allylic oxidation sites excluding steroid dienone is 4. The minimum Gasteiger partial charge on any atom is -0.375 e. The first-order valence-electron chi connectivity index (χ1n) is 25.1. The van der Waals surface area contributed by atoms with Gasteiger partial charge in [0.2, 0.25) is 0 Å². The van der Waals surface area contributed by atoms with E-state index in [0.29, 0.717) is 0 Å². The third-order valence-corrected chi connectivity index (χ3v) is 17.2. The highest BCUT2D eigenvalue weighted by Gasteiger charge is 2.56. The average Bonchev–Trinajstić information content (AvgIpc) is 3.81. The molecule has 5 aliphatic rings. The van der Waals surface area contributed by atoms with Crippen molar-refractivity contribution in [3.05, 3.63) is 190 Å². The summed E-state index contributed by atoms with van der Waals surface area (Å²) >= 11 is 0. The van der Waals surface area contributed by atoms with E-state index in [2.05, 4.69) is 217 Å². The molecule has 1 spiro atoms. The largest absolute Gasteiger partial charge is 0.375 e. The lowest BCUT2D eigenvalue weighted by Crippen LogP contribution is -2.58. The number of benzene rings is 9. The van der Waals surface area contributed by atoms with E-state index in [0.717, 1.165) is 12.8 Å². The monoisotopic (exact) mass is 874 g/mol. The van der Waals surface area contributed by atoms with Crippen molar-refractivity contribution < 1.29 is 0 Å². The quantitative estimate of drug-likeness (QED) is 0.109. The molecule has 3 heteroatoms. The van der Waals surface area contributed by atoms with Gasteiger partial charge in [0, 0.05) is 43.8 Å². The van der Waals surface area contributed by atoms with Crippen LogP contribution in [-0.4, -0.2) is 11.3 Å². The molecule has 10 aromatic rings. The predicted molar refractivity (Wildman–Crippen MR) is 291 cm³/mol. The van der Waals surface area contributed by atoms with Crippen LogP contribution < -0.4 is 15.8 Å². The van der Waals surface area contributed by atoms with Crippen LogP contribution in [0.1, 0.15) is 114 Å². The molecule has 0 amide bonds. The summed E-state index contributed by atoms with van der Waals surface area (Å²) in [5.74, 6) is 0. The fourth-order valence-electron chi connectivity index (χ4n) is 14.1. The summed E-state index contributed by atoms with van der Waals surface area (Å²) < 4.78 is 2.80. The molecule has 2 nitrogen and oxygen atoms in total. The molecule has 15 rings (SSSR count). The molecule has 9 aromatic carbocycles. The number of hydrogen-bond acceptors (Lipinski definition) is 1. The highest BCUT2D eigenvalue weighted by atomic mass is 15.2. The smallest absolute Gasteiger partial charge is 0.333 e. The van der Waals surface area contributed by atoms with E-state index >= 15 is 0 Å². The van der Waals surface area contributed by atoms with Crippen LogP contribution in [0.25, 0.3) is 70.8 Å². The Kier molecular flexibility index (Phi) is 7.16. The highest BCUT2D eigenvalue weighted by Crippen LogP contribution is 2.65. The van der Waals surface area contributed by atoms with Crippen LogP contribution in [0.3, 0.4) is 0 Å². The molecule has 1 aromatic heterocycles. The summed E-state index contributed by atoms with van der Waals surface area (Å²) in [6.07, 6.45) is 6.92. The van der Waals surface area contributed by atoms with E-state index < -0.39 is 5.41 Å². The van der Waals surface area contributed by atoms with Crippen LogP contribution in [-0.2, 0) is 21.7 Å². The normalized spacial score (nSPS) is 17.8. The Bertz CT molecular complexity index is 4020. The fourth-order valence-corrected chi connectivity index (χ4v) is 14.1. The van der Waals surface area contributed by atoms with Gasteiger partial charge in [0.05, 0.1) is 16.8 Å². The van der Waals surface area contributed by atoms with Gasteiger partial charge in [-0.05, 0) is 148 Å². The van der Waals surface area contributed by atoms with E-state index in [1.165, 1.54) is 138 Å². The van der Waals surface area contributed by atoms with Gasteiger partial charge < -0.3 is 9.38 Å². The Balaban J connectivity index is 1.19. The SMILES string of the molecule is CC(C)(C)c1cc2ccc3c4c5c(c6ccc(c1)c2c36)N1c2ccccc2C2(C3=C(C=CCC3)c3ccccc32)c2cccc(c21)B5n1c2ccc(C(C)(C)C)cc2c2cc(C(C)(C)C)cc-4c21. The van der Waals surface area contributed by atoms with E-state index in [1.54, 1.807) is 5.57 Å². The summed E-state index contributed by atoms with van der Waals surface area (Å²) in [7, 11) is 0.